The van der Waals surface area contributed by atoms with E-state index in [9.17, 15) is 14.4 Å². The van der Waals surface area contributed by atoms with Crippen LogP contribution in [-0.4, -0.2) is 37.7 Å². The van der Waals surface area contributed by atoms with Gasteiger partial charge in [-0.15, -0.1) is 11.8 Å². The molecule has 0 saturated carbocycles. The van der Waals surface area contributed by atoms with E-state index in [-0.39, 0.29) is 18.3 Å². The Morgan fingerprint density at radius 3 is 2.47 bits per heavy atom. The van der Waals surface area contributed by atoms with E-state index in [1.165, 1.54) is 7.11 Å². The van der Waals surface area contributed by atoms with Crippen LogP contribution in [0.2, 0.25) is 0 Å². The van der Waals surface area contributed by atoms with Gasteiger partial charge in [-0.05, 0) is 50.1 Å². The van der Waals surface area contributed by atoms with Gasteiger partial charge in [0.1, 0.15) is 5.92 Å². The Morgan fingerprint density at radius 2 is 1.90 bits per heavy atom. The van der Waals surface area contributed by atoms with Crippen molar-refractivity contribution in [2.45, 2.75) is 38.0 Å². The highest BCUT2D eigenvalue weighted by atomic mass is 32.2. The zero-order chi connectivity index (χ0) is 22.0. The van der Waals surface area contributed by atoms with Crippen LogP contribution in [0.5, 0.6) is 0 Å². The quantitative estimate of drug-likeness (QED) is 0.435. The zero-order valence-corrected chi connectivity index (χ0v) is 18.7. The molecule has 160 valence electrons. The number of methoxy groups -OCH3 is 1. The first kappa shape index (κ1) is 22.2. The number of ketones is 1. The number of nitrogens with one attached hydrogen (secondary N) is 1. The average molecular weight is 430 g/mol. The largest absolute Gasteiger partial charge is 0.468 e. The van der Waals surface area contributed by atoms with Crippen molar-refractivity contribution < 1.29 is 23.9 Å². The number of dihydropyridines is 1. The molecule has 1 aliphatic carbocycles. The van der Waals surface area contributed by atoms with Crippen LogP contribution in [0.3, 0.4) is 0 Å². The summed E-state index contributed by atoms with van der Waals surface area (Å²) in [6.07, 6.45) is 2.51. The highest BCUT2D eigenvalue weighted by Crippen LogP contribution is 2.45. The molecular weight excluding hydrogens is 402 g/mol. The summed E-state index contributed by atoms with van der Waals surface area (Å²) in [5, 5.41) is 3.25. The van der Waals surface area contributed by atoms with Crippen molar-refractivity contribution in [3.8, 4) is 0 Å². The Hall–Kier alpha value is -2.54. The van der Waals surface area contributed by atoms with Gasteiger partial charge in [0.15, 0.2) is 5.78 Å². The number of ether oxygens (including phenoxy) is 2. The fraction of sp³-hybridized carbons (Fsp3) is 0.435. The van der Waals surface area contributed by atoms with Crippen LogP contribution in [0.25, 0.3) is 0 Å². The summed E-state index contributed by atoms with van der Waals surface area (Å²) in [7, 11) is 1.29. The Balaban J connectivity index is 2.17. The van der Waals surface area contributed by atoms with Gasteiger partial charge in [-0.2, -0.15) is 0 Å². The van der Waals surface area contributed by atoms with Gasteiger partial charge in [-0.1, -0.05) is 19.1 Å². The SMILES string of the molecule is CCOC(=O)C1=C(C)NC2=C(C(=O)[C@H](C(=O)OC)[C@@H](C)C2)[C@@H]1c1ccc(SC)cc1. The van der Waals surface area contributed by atoms with Crippen LogP contribution < -0.4 is 5.32 Å². The summed E-state index contributed by atoms with van der Waals surface area (Å²) in [6, 6.07) is 7.79. The number of esters is 2. The molecular formula is C23H27NO5S. The predicted octanol–water partition coefficient (Wildman–Crippen LogP) is 3.58. The maximum absolute atomic E-state index is 13.5. The van der Waals surface area contributed by atoms with Gasteiger partial charge in [-0.3, -0.25) is 9.59 Å². The first-order valence-corrected chi connectivity index (χ1v) is 11.2. The second-order valence-corrected chi connectivity index (χ2v) is 8.41. The normalized spacial score (nSPS) is 23.6. The van der Waals surface area contributed by atoms with Gasteiger partial charge in [0.05, 0.1) is 19.3 Å². The number of hydrogen-bond donors (Lipinski definition) is 1. The summed E-state index contributed by atoms with van der Waals surface area (Å²) in [5.74, 6) is -2.98. The molecule has 0 fully saturated rings. The fourth-order valence-corrected chi connectivity index (χ4v) is 4.70. The number of allylic oxidation sites excluding steroid dienone is 3. The van der Waals surface area contributed by atoms with Crippen molar-refractivity contribution in [3.05, 3.63) is 52.4 Å². The standard InChI is InChI=1S/C23H27NO5S/c1-6-29-23(27)18-13(3)24-16-11-12(2)17(22(26)28-4)21(25)20(16)19(18)14-7-9-15(30-5)10-8-14/h7-10,12,17,19,24H,6,11H2,1-5H3/t12-,17+,19+/m0/s1. The molecule has 1 aromatic carbocycles. The van der Waals surface area contributed by atoms with Crippen molar-refractivity contribution in [1.29, 1.82) is 0 Å². The lowest BCUT2D eigenvalue weighted by atomic mass is 9.69. The molecule has 6 nitrogen and oxygen atoms in total. The number of carbonyl (C=O) groups is 3. The van der Waals surface area contributed by atoms with E-state index in [1.807, 2.05) is 44.4 Å². The Bertz CT molecular complexity index is 931. The first-order valence-electron chi connectivity index (χ1n) is 9.97. The molecule has 0 amide bonds. The molecule has 0 unspecified atom stereocenters. The lowest BCUT2D eigenvalue weighted by molar-refractivity contribution is -0.151. The number of Topliss-reactive ketones (excluding diaryl/α,β-unsaturated/α-hetero) is 1. The molecule has 0 radical (unpaired) electrons. The lowest BCUT2D eigenvalue weighted by Crippen LogP contribution is -2.43. The third kappa shape index (κ3) is 3.90. The number of carbonyl (C=O) groups excluding carboxylic acids is 3. The van der Waals surface area contributed by atoms with Crippen molar-refractivity contribution >= 4 is 29.5 Å². The Kier molecular flexibility index (Phi) is 6.71. The van der Waals surface area contributed by atoms with Crippen molar-refractivity contribution in [3.63, 3.8) is 0 Å². The monoisotopic (exact) mass is 429 g/mol. The van der Waals surface area contributed by atoms with E-state index >= 15 is 0 Å². The summed E-state index contributed by atoms with van der Waals surface area (Å²) in [4.78, 5) is 39.9. The van der Waals surface area contributed by atoms with Crippen molar-refractivity contribution in [1.82, 2.24) is 5.32 Å². The Morgan fingerprint density at radius 1 is 1.23 bits per heavy atom. The van der Waals surface area contributed by atoms with Crippen LogP contribution in [0.4, 0.5) is 0 Å². The summed E-state index contributed by atoms with van der Waals surface area (Å²) >= 11 is 1.61. The van der Waals surface area contributed by atoms with Gasteiger partial charge >= 0.3 is 11.9 Å². The van der Waals surface area contributed by atoms with E-state index in [0.717, 1.165) is 16.2 Å². The molecule has 0 aromatic heterocycles. The molecule has 0 saturated heterocycles. The van der Waals surface area contributed by atoms with Crippen LogP contribution in [0.15, 0.2) is 51.7 Å². The number of rotatable bonds is 5. The van der Waals surface area contributed by atoms with Gasteiger partial charge < -0.3 is 14.8 Å². The van der Waals surface area contributed by atoms with E-state index in [2.05, 4.69) is 5.32 Å². The van der Waals surface area contributed by atoms with Crippen molar-refractivity contribution in [2.24, 2.45) is 11.8 Å². The molecule has 1 aromatic rings. The molecule has 3 rings (SSSR count). The maximum Gasteiger partial charge on any atom is 0.336 e. The van der Waals surface area contributed by atoms with Crippen molar-refractivity contribution in [2.75, 3.05) is 20.0 Å². The molecule has 2 aliphatic rings. The third-order valence-corrected chi connectivity index (χ3v) is 6.43. The summed E-state index contributed by atoms with van der Waals surface area (Å²) < 4.78 is 10.2. The molecule has 1 heterocycles. The molecule has 3 atom stereocenters. The summed E-state index contributed by atoms with van der Waals surface area (Å²) in [6.45, 7) is 5.67. The topological polar surface area (TPSA) is 81.7 Å². The molecule has 0 spiro atoms. The number of benzene rings is 1. The lowest BCUT2D eigenvalue weighted by Gasteiger charge is -2.38. The third-order valence-electron chi connectivity index (χ3n) is 5.69. The van der Waals surface area contributed by atoms with Crippen LogP contribution >= 0.6 is 11.8 Å². The minimum atomic E-state index is -0.884. The molecule has 1 aliphatic heterocycles. The Labute approximate surface area is 181 Å². The van der Waals surface area contributed by atoms with E-state index in [1.54, 1.807) is 18.7 Å². The minimum Gasteiger partial charge on any atom is -0.468 e. The van der Waals surface area contributed by atoms with Gasteiger partial charge in [0.25, 0.3) is 0 Å². The second kappa shape index (κ2) is 9.08. The van der Waals surface area contributed by atoms with Gasteiger partial charge in [-0.25, -0.2) is 4.79 Å². The summed E-state index contributed by atoms with van der Waals surface area (Å²) in [5.41, 5.74) is 3.10. The van der Waals surface area contributed by atoms with Gasteiger partial charge in [0, 0.05) is 27.8 Å². The molecule has 1 N–H and O–H groups in total. The van der Waals surface area contributed by atoms with E-state index < -0.39 is 23.8 Å². The van der Waals surface area contributed by atoms with Crippen LogP contribution in [0.1, 0.15) is 38.7 Å². The van der Waals surface area contributed by atoms with Crippen LogP contribution in [-0.2, 0) is 23.9 Å². The highest BCUT2D eigenvalue weighted by Gasteiger charge is 2.47. The molecule has 30 heavy (non-hydrogen) atoms. The number of hydrogen-bond acceptors (Lipinski definition) is 7. The average Bonchev–Trinajstić information content (AvgIpc) is 2.72. The second-order valence-electron chi connectivity index (χ2n) is 7.53. The number of thioether (sulfide) groups is 1. The smallest absolute Gasteiger partial charge is 0.336 e. The van der Waals surface area contributed by atoms with Crippen LogP contribution in [0, 0.1) is 11.8 Å². The van der Waals surface area contributed by atoms with Gasteiger partial charge in [0.2, 0.25) is 0 Å². The van der Waals surface area contributed by atoms with E-state index in [4.69, 9.17) is 9.47 Å². The minimum absolute atomic E-state index is 0.201. The predicted molar refractivity (Wildman–Crippen MR) is 115 cm³/mol. The molecule has 7 heteroatoms. The first-order chi connectivity index (χ1) is 14.3. The zero-order valence-electron chi connectivity index (χ0n) is 17.9. The highest BCUT2D eigenvalue weighted by molar-refractivity contribution is 7.98. The fourth-order valence-electron chi connectivity index (χ4n) is 4.29. The molecule has 0 bridgehead atoms. The maximum atomic E-state index is 13.5. The van der Waals surface area contributed by atoms with E-state index in [0.29, 0.717) is 23.3 Å².